The Morgan fingerprint density at radius 2 is 1.57 bits per heavy atom. The van der Waals surface area contributed by atoms with E-state index in [1.807, 2.05) is 54.3 Å². The summed E-state index contributed by atoms with van der Waals surface area (Å²) in [5, 5.41) is 0. The van der Waals surface area contributed by atoms with E-state index >= 15 is 0 Å². The number of aryl methyl sites for hydroxylation is 1. The third-order valence-corrected chi connectivity index (χ3v) is 6.49. The maximum absolute atomic E-state index is 12.9. The van der Waals surface area contributed by atoms with Crippen molar-refractivity contribution in [2.45, 2.75) is 6.92 Å². The summed E-state index contributed by atoms with van der Waals surface area (Å²) in [7, 11) is 4.74. The summed E-state index contributed by atoms with van der Waals surface area (Å²) < 4.78 is 21.9. The van der Waals surface area contributed by atoms with E-state index in [0.717, 1.165) is 33.3 Å². The molecule has 8 heteroatoms. The molecule has 3 aromatic carbocycles. The Morgan fingerprint density at radius 1 is 0.892 bits per heavy atom. The van der Waals surface area contributed by atoms with Crippen LogP contribution in [0.15, 0.2) is 54.7 Å². The summed E-state index contributed by atoms with van der Waals surface area (Å²) in [5.74, 6) is 1.63. The zero-order chi connectivity index (χ0) is 25.9. The number of rotatable bonds is 6. The first-order valence-corrected chi connectivity index (χ1v) is 12.1. The van der Waals surface area contributed by atoms with Gasteiger partial charge in [-0.25, -0.2) is 4.98 Å². The van der Waals surface area contributed by atoms with Crippen molar-refractivity contribution in [2.75, 3.05) is 47.6 Å². The van der Waals surface area contributed by atoms with E-state index in [2.05, 4.69) is 6.07 Å². The summed E-state index contributed by atoms with van der Waals surface area (Å²) in [6, 6.07) is 15.5. The largest absolute Gasteiger partial charge is 0.493 e. The molecule has 1 aromatic heterocycles. The SMILES string of the molecule is COc1cc(-c2cnc3cc(C)cc(-c4ccc(C(=O)N5CCOCC5)cc4)c3n2)cc(OC)c1OC. The van der Waals surface area contributed by atoms with Crippen molar-refractivity contribution in [1.82, 2.24) is 14.9 Å². The molecule has 37 heavy (non-hydrogen) atoms. The van der Waals surface area contributed by atoms with Gasteiger partial charge < -0.3 is 23.8 Å². The second kappa shape index (κ2) is 10.4. The van der Waals surface area contributed by atoms with Crippen LogP contribution in [0.1, 0.15) is 15.9 Å². The molecule has 0 bridgehead atoms. The van der Waals surface area contributed by atoms with Crippen LogP contribution >= 0.6 is 0 Å². The molecule has 190 valence electrons. The van der Waals surface area contributed by atoms with Gasteiger partial charge in [-0.1, -0.05) is 12.1 Å². The summed E-state index contributed by atoms with van der Waals surface area (Å²) in [4.78, 5) is 24.4. The van der Waals surface area contributed by atoms with Crippen molar-refractivity contribution < 1.29 is 23.7 Å². The fraction of sp³-hybridized carbons (Fsp3) is 0.276. The van der Waals surface area contributed by atoms with Gasteiger partial charge in [-0.3, -0.25) is 9.78 Å². The van der Waals surface area contributed by atoms with Gasteiger partial charge in [0.05, 0.1) is 57.5 Å². The van der Waals surface area contributed by atoms with Gasteiger partial charge >= 0.3 is 0 Å². The monoisotopic (exact) mass is 499 g/mol. The Kier molecular flexibility index (Phi) is 6.92. The third kappa shape index (κ3) is 4.80. The number of fused-ring (bicyclic) bond motifs is 1. The average molecular weight is 500 g/mol. The van der Waals surface area contributed by atoms with Crippen LogP contribution in [0.2, 0.25) is 0 Å². The first-order chi connectivity index (χ1) is 18.0. The van der Waals surface area contributed by atoms with E-state index in [1.165, 1.54) is 0 Å². The molecule has 0 spiro atoms. The van der Waals surface area contributed by atoms with Crippen LogP contribution in [-0.4, -0.2) is 68.4 Å². The molecule has 0 aliphatic carbocycles. The normalized spacial score (nSPS) is 13.5. The van der Waals surface area contributed by atoms with Gasteiger partial charge in [0, 0.05) is 29.8 Å². The molecular formula is C29H29N3O5. The van der Waals surface area contributed by atoms with Gasteiger partial charge in [0.25, 0.3) is 5.91 Å². The number of hydrogen-bond donors (Lipinski definition) is 0. The minimum Gasteiger partial charge on any atom is -0.493 e. The van der Waals surface area contributed by atoms with Gasteiger partial charge in [0.2, 0.25) is 5.75 Å². The second-order valence-electron chi connectivity index (χ2n) is 8.83. The van der Waals surface area contributed by atoms with Crippen molar-refractivity contribution in [1.29, 1.82) is 0 Å². The van der Waals surface area contributed by atoms with Crippen molar-refractivity contribution >= 4 is 16.9 Å². The predicted molar refractivity (Wildman–Crippen MR) is 142 cm³/mol. The van der Waals surface area contributed by atoms with Crippen LogP contribution in [0.25, 0.3) is 33.4 Å². The van der Waals surface area contributed by atoms with Crippen molar-refractivity contribution in [3.05, 3.63) is 65.9 Å². The highest BCUT2D eigenvalue weighted by Gasteiger charge is 2.19. The smallest absolute Gasteiger partial charge is 0.254 e. The fourth-order valence-corrected chi connectivity index (χ4v) is 4.59. The first-order valence-electron chi connectivity index (χ1n) is 12.1. The van der Waals surface area contributed by atoms with Gasteiger partial charge in [-0.2, -0.15) is 0 Å². The van der Waals surface area contributed by atoms with Crippen LogP contribution in [0.3, 0.4) is 0 Å². The molecule has 2 heterocycles. The van der Waals surface area contributed by atoms with Gasteiger partial charge in [0.15, 0.2) is 11.5 Å². The Bertz CT molecular complexity index is 1420. The third-order valence-electron chi connectivity index (χ3n) is 6.49. The van der Waals surface area contributed by atoms with E-state index in [1.54, 1.807) is 27.5 Å². The molecule has 1 aliphatic rings. The van der Waals surface area contributed by atoms with E-state index < -0.39 is 0 Å². The van der Waals surface area contributed by atoms with Crippen molar-refractivity contribution in [3.8, 4) is 39.6 Å². The highest BCUT2D eigenvalue weighted by atomic mass is 16.5. The molecule has 1 aliphatic heterocycles. The highest BCUT2D eigenvalue weighted by Crippen LogP contribution is 2.41. The van der Waals surface area contributed by atoms with Gasteiger partial charge in [-0.05, 0) is 54.4 Å². The Labute approximate surface area is 215 Å². The van der Waals surface area contributed by atoms with Crippen LogP contribution in [0.4, 0.5) is 0 Å². The van der Waals surface area contributed by atoms with E-state index in [4.69, 9.17) is 28.9 Å². The summed E-state index contributed by atoms with van der Waals surface area (Å²) in [5.41, 5.74) is 6.67. The first kappa shape index (κ1) is 24.5. The molecule has 0 atom stereocenters. The molecule has 1 saturated heterocycles. The minimum atomic E-state index is 0.0217. The number of hydrogen-bond acceptors (Lipinski definition) is 7. The Balaban J connectivity index is 1.56. The van der Waals surface area contributed by atoms with Gasteiger partial charge in [0.1, 0.15) is 0 Å². The van der Waals surface area contributed by atoms with E-state index in [0.29, 0.717) is 54.8 Å². The zero-order valence-electron chi connectivity index (χ0n) is 21.4. The lowest BCUT2D eigenvalue weighted by molar-refractivity contribution is 0.0303. The number of carbonyl (C=O) groups is 1. The van der Waals surface area contributed by atoms with Crippen LogP contribution in [0, 0.1) is 6.92 Å². The maximum Gasteiger partial charge on any atom is 0.254 e. The summed E-state index contributed by atoms with van der Waals surface area (Å²) in [6.45, 7) is 4.41. The number of nitrogens with zero attached hydrogens (tertiary/aromatic N) is 3. The Hall–Kier alpha value is -4.17. The Morgan fingerprint density at radius 3 is 2.19 bits per heavy atom. The molecule has 0 unspecified atom stereocenters. The molecule has 1 amide bonds. The molecule has 5 rings (SSSR count). The number of amides is 1. The molecule has 0 N–H and O–H groups in total. The maximum atomic E-state index is 12.9. The van der Waals surface area contributed by atoms with Crippen LogP contribution < -0.4 is 14.2 Å². The molecular weight excluding hydrogens is 470 g/mol. The topological polar surface area (TPSA) is 83.0 Å². The van der Waals surface area contributed by atoms with E-state index in [-0.39, 0.29) is 5.91 Å². The number of carbonyl (C=O) groups excluding carboxylic acids is 1. The van der Waals surface area contributed by atoms with Crippen molar-refractivity contribution in [2.24, 2.45) is 0 Å². The number of benzene rings is 3. The standard InChI is InChI=1S/C29H29N3O5/c1-18-13-22(19-5-7-20(8-6-19)29(33)32-9-11-37-12-10-32)27-23(14-18)30-17-24(31-27)21-15-25(34-2)28(36-4)26(16-21)35-3/h5-8,13-17H,9-12H2,1-4H3. The van der Waals surface area contributed by atoms with Gasteiger partial charge in [-0.15, -0.1) is 0 Å². The second-order valence-corrected chi connectivity index (χ2v) is 8.83. The molecule has 8 nitrogen and oxygen atoms in total. The lowest BCUT2D eigenvalue weighted by Crippen LogP contribution is -2.40. The molecule has 4 aromatic rings. The number of morpholine rings is 1. The lowest BCUT2D eigenvalue weighted by Gasteiger charge is -2.26. The van der Waals surface area contributed by atoms with Crippen LogP contribution in [0.5, 0.6) is 17.2 Å². The van der Waals surface area contributed by atoms with E-state index in [9.17, 15) is 4.79 Å². The predicted octanol–water partition coefficient (Wildman–Crippen LogP) is 4.77. The highest BCUT2D eigenvalue weighted by molar-refractivity contribution is 5.97. The number of aromatic nitrogens is 2. The zero-order valence-corrected chi connectivity index (χ0v) is 21.4. The summed E-state index contributed by atoms with van der Waals surface area (Å²) in [6.07, 6.45) is 1.75. The average Bonchev–Trinajstić information content (AvgIpc) is 2.95. The quantitative estimate of drug-likeness (QED) is 0.378. The number of ether oxygens (including phenoxy) is 4. The molecule has 0 saturated carbocycles. The molecule has 0 radical (unpaired) electrons. The minimum absolute atomic E-state index is 0.0217. The number of methoxy groups -OCH3 is 3. The fourth-order valence-electron chi connectivity index (χ4n) is 4.59. The van der Waals surface area contributed by atoms with Crippen molar-refractivity contribution in [3.63, 3.8) is 0 Å². The van der Waals surface area contributed by atoms with Crippen LogP contribution in [-0.2, 0) is 4.74 Å². The lowest BCUT2D eigenvalue weighted by atomic mass is 9.99. The molecule has 1 fully saturated rings. The summed E-state index contributed by atoms with van der Waals surface area (Å²) >= 11 is 0.